The van der Waals surface area contributed by atoms with Crippen molar-refractivity contribution in [3.05, 3.63) is 65.4 Å². The minimum Gasteiger partial charge on any atom is -0.355 e. The number of nitrogens with zero attached hydrogens (tertiary/aromatic N) is 3. The Kier molecular flexibility index (Phi) is 6.62. The maximum atomic E-state index is 12.0. The average molecular weight is 417 g/mol. The average Bonchev–Trinajstić information content (AvgIpc) is 2.78. The van der Waals surface area contributed by atoms with Crippen molar-refractivity contribution in [3.63, 3.8) is 0 Å². The number of rotatable bonds is 8. The summed E-state index contributed by atoms with van der Waals surface area (Å²) in [6.45, 7) is 7.79. The number of aromatic nitrogens is 2. The van der Waals surface area contributed by atoms with Gasteiger partial charge in [0.2, 0.25) is 0 Å². The van der Waals surface area contributed by atoms with E-state index in [1.165, 1.54) is 23.0 Å². The lowest BCUT2D eigenvalue weighted by Crippen LogP contribution is -2.41. The number of benzene rings is 2. The Morgan fingerprint density at radius 1 is 1.06 bits per heavy atom. The molecule has 2 aromatic carbocycles. The molecule has 0 spiro atoms. The van der Waals surface area contributed by atoms with Crippen molar-refractivity contribution in [1.82, 2.24) is 15.3 Å². The summed E-state index contributed by atoms with van der Waals surface area (Å²) < 4.78 is 0. The molecule has 0 amide bonds. The van der Waals surface area contributed by atoms with Crippen LogP contribution < -0.4 is 10.2 Å². The third-order valence-electron chi connectivity index (χ3n) is 6.41. The molecule has 0 bridgehead atoms. The molecule has 0 atom stereocenters. The second kappa shape index (κ2) is 9.56. The largest absolute Gasteiger partial charge is 0.355 e. The summed E-state index contributed by atoms with van der Waals surface area (Å²) >= 11 is 0. The van der Waals surface area contributed by atoms with Crippen molar-refractivity contribution >= 4 is 23.1 Å². The van der Waals surface area contributed by atoms with Crippen LogP contribution in [0.15, 0.2) is 48.7 Å². The highest BCUT2D eigenvalue weighted by molar-refractivity contribution is 5.75. The third kappa shape index (κ3) is 5.28. The zero-order valence-corrected chi connectivity index (χ0v) is 18.6. The molecule has 5 nitrogen and oxygen atoms in total. The molecule has 0 radical (unpaired) electrons. The molecule has 0 aliphatic carbocycles. The molecule has 0 saturated carbocycles. The number of hydrogen-bond donors (Lipinski definition) is 1. The lowest BCUT2D eigenvalue weighted by atomic mass is 9.76. The highest BCUT2D eigenvalue weighted by atomic mass is 16.1. The van der Waals surface area contributed by atoms with Gasteiger partial charge in [0, 0.05) is 25.0 Å². The fourth-order valence-electron chi connectivity index (χ4n) is 4.68. The van der Waals surface area contributed by atoms with Crippen LogP contribution >= 0.6 is 0 Å². The molecule has 1 aliphatic heterocycles. The number of aldehydes is 1. The van der Waals surface area contributed by atoms with Crippen molar-refractivity contribution in [1.29, 1.82) is 0 Å². The van der Waals surface area contributed by atoms with E-state index >= 15 is 0 Å². The first kappa shape index (κ1) is 21.4. The van der Waals surface area contributed by atoms with Crippen LogP contribution in [0.25, 0.3) is 11.0 Å². The van der Waals surface area contributed by atoms with Gasteiger partial charge in [-0.3, -0.25) is 4.98 Å². The predicted molar refractivity (Wildman–Crippen MR) is 126 cm³/mol. The maximum Gasteiger partial charge on any atom is 0.147 e. The molecule has 1 N–H and O–H groups in total. The SMILES string of the molecule is Cc1cc(C)cc(CNCCCC2(C=O)CCN(c3cnc4ccccc4n3)CC2)c1. The minimum absolute atomic E-state index is 0.206. The fourth-order valence-corrected chi connectivity index (χ4v) is 4.68. The summed E-state index contributed by atoms with van der Waals surface area (Å²) in [5.74, 6) is 0.910. The number of fused-ring (bicyclic) bond motifs is 1. The molecule has 2 heterocycles. The van der Waals surface area contributed by atoms with Crippen LogP contribution in [0.4, 0.5) is 5.82 Å². The molecule has 162 valence electrons. The van der Waals surface area contributed by atoms with Crippen LogP contribution in [0.3, 0.4) is 0 Å². The minimum atomic E-state index is -0.206. The van der Waals surface area contributed by atoms with Gasteiger partial charge in [-0.1, -0.05) is 41.5 Å². The molecule has 5 heteroatoms. The van der Waals surface area contributed by atoms with Crippen LogP contribution in [-0.4, -0.2) is 35.9 Å². The molecule has 3 aromatic rings. The van der Waals surface area contributed by atoms with E-state index in [0.717, 1.165) is 68.7 Å². The van der Waals surface area contributed by atoms with Gasteiger partial charge in [-0.2, -0.15) is 0 Å². The van der Waals surface area contributed by atoms with Crippen molar-refractivity contribution < 1.29 is 4.79 Å². The zero-order valence-electron chi connectivity index (χ0n) is 18.6. The molecule has 1 aromatic heterocycles. The molecule has 1 saturated heterocycles. The first-order chi connectivity index (χ1) is 15.1. The van der Waals surface area contributed by atoms with Gasteiger partial charge < -0.3 is 15.0 Å². The number of anilines is 1. The van der Waals surface area contributed by atoms with E-state index in [4.69, 9.17) is 4.98 Å². The first-order valence-corrected chi connectivity index (χ1v) is 11.3. The van der Waals surface area contributed by atoms with Gasteiger partial charge in [-0.25, -0.2) is 4.98 Å². The summed E-state index contributed by atoms with van der Waals surface area (Å²) in [7, 11) is 0. The van der Waals surface area contributed by atoms with E-state index in [1.54, 1.807) is 0 Å². The van der Waals surface area contributed by atoms with Gasteiger partial charge in [0.1, 0.15) is 12.1 Å². The van der Waals surface area contributed by atoms with Crippen LogP contribution in [0.1, 0.15) is 42.4 Å². The number of hydrogen-bond acceptors (Lipinski definition) is 5. The standard InChI is InChI=1S/C26H32N4O/c1-20-14-21(2)16-22(15-20)17-27-11-5-8-26(19-31)9-12-30(13-10-26)25-18-28-23-6-3-4-7-24(23)29-25/h3-4,6-7,14-16,18-19,27H,5,8-13,17H2,1-2H3. The summed E-state index contributed by atoms with van der Waals surface area (Å²) in [4.78, 5) is 23.6. The van der Waals surface area contributed by atoms with Crippen molar-refractivity contribution in [3.8, 4) is 0 Å². The Balaban J connectivity index is 1.26. The number of para-hydroxylation sites is 2. The lowest BCUT2D eigenvalue weighted by molar-refractivity contribution is -0.117. The van der Waals surface area contributed by atoms with Crippen LogP contribution in [0.2, 0.25) is 0 Å². The van der Waals surface area contributed by atoms with E-state index in [-0.39, 0.29) is 5.41 Å². The highest BCUT2D eigenvalue weighted by Gasteiger charge is 2.34. The molecule has 31 heavy (non-hydrogen) atoms. The fraction of sp³-hybridized carbons (Fsp3) is 0.423. The number of carbonyl (C=O) groups is 1. The maximum absolute atomic E-state index is 12.0. The number of aryl methyl sites for hydroxylation is 2. The molecular formula is C26H32N4O. The predicted octanol–water partition coefficient (Wildman–Crippen LogP) is 4.60. The second-order valence-corrected chi connectivity index (χ2v) is 8.96. The Bertz CT molecular complexity index is 1020. The van der Waals surface area contributed by atoms with Crippen molar-refractivity contribution in [2.75, 3.05) is 24.5 Å². The van der Waals surface area contributed by atoms with Crippen LogP contribution in [0.5, 0.6) is 0 Å². The van der Waals surface area contributed by atoms with E-state index in [9.17, 15) is 4.79 Å². The van der Waals surface area contributed by atoms with Gasteiger partial charge in [-0.05, 0) is 63.8 Å². The number of piperidine rings is 1. The van der Waals surface area contributed by atoms with E-state index < -0.39 is 0 Å². The first-order valence-electron chi connectivity index (χ1n) is 11.3. The van der Waals surface area contributed by atoms with E-state index in [0.29, 0.717) is 0 Å². The smallest absolute Gasteiger partial charge is 0.147 e. The Morgan fingerprint density at radius 3 is 2.48 bits per heavy atom. The van der Waals surface area contributed by atoms with Crippen LogP contribution in [-0.2, 0) is 11.3 Å². The van der Waals surface area contributed by atoms with Gasteiger partial charge >= 0.3 is 0 Å². The second-order valence-electron chi connectivity index (χ2n) is 8.96. The Morgan fingerprint density at radius 2 is 1.77 bits per heavy atom. The molecule has 0 unspecified atom stereocenters. The van der Waals surface area contributed by atoms with Crippen molar-refractivity contribution in [2.45, 2.75) is 46.1 Å². The zero-order chi connectivity index (χ0) is 21.7. The van der Waals surface area contributed by atoms with Crippen LogP contribution in [0, 0.1) is 19.3 Å². The summed E-state index contributed by atoms with van der Waals surface area (Å²) in [5, 5.41) is 3.54. The Hall–Kier alpha value is -2.79. The highest BCUT2D eigenvalue weighted by Crippen LogP contribution is 2.35. The van der Waals surface area contributed by atoms with Gasteiger partial charge in [0.25, 0.3) is 0 Å². The molecule has 4 rings (SSSR count). The Labute approximate surface area is 184 Å². The molecule has 1 aliphatic rings. The van der Waals surface area contributed by atoms with Gasteiger partial charge in [0.05, 0.1) is 17.2 Å². The summed E-state index contributed by atoms with van der Waals surface area (Å²) in [5.41, 5.74) is 5.56. The molecule has 1 fully saturated rings. The lowest BCUT2D eigenvalue weighted by Gasteiger charge is -2.38. The quantitative estimate of drug-likeness (QED) is 0.429. The van der Waals surface area contributed by atoms with Crippen molar-refractivity contribution in [2.24, 2.45) is 5.41 Å². The van der Waals surface area contributed by atoms with E-state index in [1.807, 2.05) is 30.5 Å². The number of nitrogens with one attached hydrogen (secondary N) is 1. The summed E-state index contributed by atoms with van der Waals surface area (Å²) in [6.07, 6.45) is 6.77. The number of carbonyl (C=O) groups excluding carboxylic acids is 1. The topological polar surface area (TPSA) is 58.1 Å². The van der Waals surface area contributed by atoms with Gasteiger partial charge in [-0.15, -0.1) is 0 Å². The van der Waals surface area contributed by atoms with E-state index in [2.05, 4.69) is 47.2 Å². The summed E-state index contributed by atoms with van der Waals surface area (Å²) in [6, 6.07) is 14.6. The monoisotopic (exact) mass is 416 g/mol. The molecular weight excluding hydrogens is 384 g/mol. The third-order valence-corrected chi connectivity index (χ3v) is 6.41. The van der Waals surface area contributed by atoms with Gasteiger partial charge in [0.15, 0.2) is 0 Å². The normalized spacial score (nSPS) is 15.9.